The highest BCUT2D eigenvalue weighted by Gasteiger charge is 2.37. The monoisotopic (exact) mass is 568 g/mol. The summed E-state index contributed by atoms with van der Waals surface area (Å²) in [6.45, 7) is 3.41. The molecule has 3 aliphatic heterocycles. The van der Waals surface area contributed by atoms with Crippen molar-refractivity contribution in [3.05, 3.63) is 59.7 Å². The number of urea groups is 2. The molecule has 0 aliphatic carbocycles. The molecule has 5 N–H and O–H groups in total. The van der Waals surface area contributed by atoms with Crippen molar-refractivity contribution in [3.63, 3.8) is 0 Å². The van der Waals surface area contributed by atoms with E-state index in [1.165, 1.54) is 0 Å². The Hall–Kier alpha value is -3.38. The zero-order valence-electron chi connectivity index (χ0n) is 23.3. The second kappa shape index (κ2) is 13.1. The van der Waals surface area contributed by atoms with Crippen molar-refractivity contribution < 1.29 is 34.4 Å². The molecular weight excluding hydrogens is 528 g/mol. The number of ether oxygens (including phenoxy) is 2. The summed E-state index contributed by atoms with van der Waals surface area (Å²) in [5.41, 5.74) is 3.04. The molecule has 11 nitrogen and oxygen atoms in total. The SMILES string of the molecule is C[C@@H](Cc1ccc(O[C@@H]2CC(O)[C@H](O)C(CO)O2)cc1)NC(=O)N1CCC(N2CCc3ccccc3NC2=O)CC1. The van der Waals surface area contributed by atoms with E-state index in [1.54, 1.807) is 12.1 Å². The largest absolute Gasteiger partial charge is 0.465 e. The average Bonchev–Trinajstić information content (AvgIpc) is 3.14. The van der Waals surface area contributed by atoms with Gasteiger partial charge in [-0.1, -0.05) is 30.3 Å². The Balaban J connectivity index is 1.05. The van der Waals surface area contributed by atoms with E-state index >= 15 is 0 Å². The average molecular weight is 569 g/mol. The summed E-state index contributed by atoms with van der Waals surface area (Å²) in [6, 6.07) is 15.2. The first-order chi connectivity index (χ1) is 19.8. The molecule has 0 spiro atoms. The van der Waals surface area contributed by atoms with E-state index in [-0.39, 0.29) is 30.6 Å². The van der Waals surface area contributed by atoms with Crippen LogP contribution in [0.25, 0.3) is 0 Å². The predicted molar refractivity (Wildman–Crippen MR) is 152 cm³/mol. The highest BCUT2D eigenvalue weighted by atomic mass is 16.7. The number of para-hydroxylation sites is 1. The van der Waals surface area contributed by atoms with Crippen LogP contribution in [0.2, 0.25) is 0 Å². The van der Waals surface area contributed by atoms with Crippen molar-refractivity contribution >= 4 is 17.7 Å². The molecule has 11 heteroatoms. The number of hydrogen-bond acceptors (Lipinski definition) is 7. The summed E-state index contributed by atoms with van der Waals surface area (Å²) < 4.78 is 11.3. The van der Waals surface area contributed by atoms with Crippen LogP contribution in [0.4, 0.5) is 15.3 Å². The van der Waals surface area contributed by atoms with Crippen molar-refractivity contribution in [1.82, 2.24) is 15.1 Å². The number of benzene rings is 2. The molecule has 0 bridgehead atoms. The number of carbonyl (C=O) groups excluding carboxylic acids is 2. The number of fused-ring (bicyclic) bond motifs is 1. The van der Waals surface area contributed by atoms with Crippen molar-refractivity contribution in [2.75, 3.05) is 31.6 Å². The van der Waals surface area contributed by atoms with Crippen LogP contribution in [-0.2, 0) is 17.6 Å². The van der Waals surface area contributed by atoms with Crippen LogP contribution in [0.1, 0.15) is 37.3 Å². The molecule has 4 amide bonds. The zero-order valence-corrected chi connectivity index (χ0v) is 23.3. The third-order valence-electron chi connectivity index (χ3n) is 8.15. The Morgan fingerprint density at radius 2 is 1.85 bits per heavy atom. The highest BCUT2D eigenvalue weighted by molar-refractivity contribution is 5.91. The van der Waals surface area contributed by atoms with Crippen molar-refractivity contribution in [3.8, 4) is 5.75 Å². The number of piperidine rings is 1. The van der Waals surface area contributed by atoms with Crippen LogP contribution < -0.4 is 15.4 Å². The van der Waals surface area contributed by atoms with Gasteiger partial charge in [-0.15, -0.1) is 0 Å². The molecule has 3 heterocycles. The second-order valence-corrected chi connectivity index (χ2v) is 11.1. The molecule has 0 saturated carbocycles. The third-order valence-corrected chi connectivity index (χ3v) is 8.15. The summed E-state index contributed by atoms with van der Waals surface area (Å²) in [5, 5.41) is 35.3. The van der Waals surface area contributed by atoms with Crippen LogP contribution in [-0.4, -0.2) is 100 Å². The lowest BCUT2D eigenvalue weighted by Gasteiger charge is -2.38. The Bertz CT molecular complexity index is 1190. The van der Waals surface area contributed by atoms with Gasteiger partial charge in [0.2, 0.25) is 6.29 Å². The number of aliphatic hydroxyl groups excluding tert-OH is 3. The number of aliphatic hydroxyl groups is 3. The zero-order chi connectivity index (χ0) is 28.9. The van der Waals surface area contributed by atoms with Crippen molar-refractivity contribution in [1.29, 1.82) is 0 Å². The number of nitrogens with zero attached hydrogens (tertiary/aromatic N) is 2. The molecular formula is C30H40N4O7. The first kappa shape index (κ1) is 29.1. The Labute approximate surface area is 240 Å². The van der Waals surface area contributed by atoms with E-state index < -0.39 is 31.2 Å². The van der Waals surface area contributed by atoms with Crippen LogP contribution in [0.3, 0.4) is 0 Å². The molecule has 2 saturated heterocycles. The Kier molecular flexibility index (Phi) is 9.29. The fraction of sp³-hybridized carbons (Fsp3) is 0.533. The fourth-order valence-electron chi connectivity index (χ4n) is 5.82. The highest BCUT2D eigenvalue weighted by Crippen LogP contribution is 2.26. The van der Waals surface area contributed by atoms with E-state index in [0.717, 1.165) is 36.1 Å². The number of likely N-dealkylation sites (tertiary alicyclic amines) is 1. The molecule has 5 rings (SSSR count). The van der Waals surface area contributed by atoms with E-state index in [1.807, 2.05) is 47.1 Å². The second-order valence-electron chi connectivity index (χ2n) is 11.1. The molecule has 5 atom stereocenters. The van der Waals surface area contributed by atoms with Gasteiger partial charge < -0.3 is 45.2 Å². The van der Waals surface area contributed by atoms with E-state index in [9.17, 15) is 24.9 Å². The van der Waals surface area contributed by atoms with Gasteiger partial charge >= 0.3 is 12.1 Å². The lowest BCUT2D eigenvalue weighted by atomic mass is 10.0. The maximum absolute atomic E-state index is 13.0. The minimum atomic E-state index is -1.15. The molecule has 3 aliphatic rings. The van der Waals surface area contributed by atoms with Crippen molar-refractivity contribution in [2.45, 2.75) is 75.7 Å². The van der Waals surface area contributed by atoms with Crippen LogP contribution in [0.15, 0.2) is 48.5 Å². The Morgan fingerprint density at radius 1 is 1.12 bits per heavy atom. The van der Waals surface area contributed by atoms with Gasteiger partial charge in [-0.05, 0) is 61.9 Å². The lowest BCUT2D eigenvalue weighted by Crippen LogP contribution is -2.53. The van der Waals surface area contributed by atoms with Crippen LogP contribution in [0, 0.1) is 0 Å². The molecule has 41 heavy (non-hydrogen) atoms. The van der Waals surface area contributed by atoms with Gasteiger partial charge in [0.25, 0.3) is 0 Å². The number of anilines is 1. The van der Waals surface area contributed by atoms with Gasteiger partial charge in [-0.25, -0.2) is 9.59 Å². The quantitative estimate of drug-likeness (QED) is 0.344. The standard InChI is InChI=1S/C30H40N4O7/c1-19(16-20-6-8-23(9-7-20)40-27-17-25(36)28(37)26(18-35)41-27)31-29(38)33-13-11-22(12-14-33)34-15-10-21-4-2-3-5-24(21)32-30(34)39/h2-9,19,22,25-28,35-37H,10-18H2,1H3,(H,31,38)(H,32,39)/t19-,25?,26?,27-,28-/m0/s1. The normalized spacial score (nSPS) is 26.0. The van der Waals surface area contributed by atoms with Gasteiger partial charge in [-0.2, -0.15) is 0 Å². The molecule has 2 aromatic carbocycles. The topological polar surface area (TPSA) is 144 Å². The summed E-state index contributed by atoms with van der Waals surface area (Å²) in [4.78, 5) is 29.6. The number of amides is 4. The van der Waals surface area contributed by atoms with Gasteiger partial charge in [0, 0.05) is 43.8 Å². The van der Waals surface area contributed by atoms with Gasteiger partial charge in [-0.3, -0.25) is 0 Å². The van der Waals surface area contributed by atoms with Gasteiger partial charge in [0.15, 0.2) is 0 Å². The van der Waals surface area contributed by atoms with E-state index in [2.05, 4.69) is 16.7 Å². The number of hydrogen-bond donors (Lipinski definition) is 5. The minimum Gasteiger partial charge on any atom is -0.465 e. The van der Waals surface area contributed by atoms with Crippen LogP contribution >= 0.6 is 0 Å². The van der Waals surface area contributed by atoms with Gasteiger partial charge in [0.1, 0.15) is 18.0 Å². The number of carbonyl (C=O) groups is 2. The molecule has 222 valence electrons. The summed E-state index contributed by atoms with van der Waals surface area (Å²) in [7, 11) is 0. The first-order valence-electron chi connectivity index (χ1n) is 14.4. The van der Waals surface area contributed by atoms with E-state index in [4.69, 9.17) is 9.47 Å². The third kappa shape index (κ3) is 7.10. The number of rotatable bonds is 7. The maximum Gasteiger partial charge on any atom is 0.322 e. The molecule has 2 fully saturated rings. The van der Waals surface area contributed by atoms with E-state index in [0.29, 0.717) is 31.8 Å². The first-order valence-corrected chi connectivity index (χ1v) is 14.4. The maximum atomic E-state index is 13.0. The lowest BCUT2D eigenvalue weighted by molar-refractivity contribution is -0.229. The summed E-state index contributed by atoms with van der Waals surface area (Å²) >= 11 is 0. The smallest absolute Gasteiger partial charge is 0.322 e. The summed E-state index contributed by atoms with van der Waals surface area (Å²) in [5.74, 6) is 0.542. The molecule has 0 radical (unpaired) electrons. The minimum absolute atomic E-state index is 0.0695. The van der Waals surface area contributed by atoms with Gasteiger partial charge in [0.05, 0.1) is 12.7 Å². The van der Waals surface area contributed by atoms with Crippen molar-refractivity contribution in [2.24, 2.45) is 0 Å². The fourth-order valence-corrected chi connectivity index (χ4v) is 5.82. The molecule has 2 unspecified atom stereocenters. The summed E-state index contributed by atoms with van der Waals surface area (Å²) in [6.07, 6.45) is -0.829. The van der Waals surface area contributed by atoms with Crippen LogP contribution in [0.5, 0.6) is 5.75 Å². The Morgan fingerprint density at radius 3 is 2.59 bits per heavy atom. The molecule has 2 aromatic rings. The number of nitrogens with one attached hydrogen (secondary N) is 2. The molecule has 0 aromatic heterocycles. The predicted octanol–water partition coefficient (Wildman–Crippen LogP) is 2.09.